The third-order valence-electron chi connectivity index (χ3n) is 3.83. The molecular weight excluding hydrogens is 334 g/mol. The van der Waals surface area contributed by atoms with Crippen molar-refractivity contribution in [2.45, 2.75) is 26.3 Å². The minimum Gasteiger partial charge on any atom is -0.497 e. The van der Waals surface area contributed by atoms with Crippen molar-refractivity contribution in [2.75, 3.05) is 7.11 Å². The highest BCUT2D eigenvalue weighted by Gasteiger charge is 2.20. The SMILES string of the molecule is COc1ccc(CNC(=O)c2sc(-n3cccc3)nc2C(C)C)cc1. The van der Waals surface area contributed by atoms with Crippen LogP contribution >= 0.6 is 11.3 Å². The Morgan fingerprint density at radius 3 is 2.52 bits per heavy atom. The van der Waals surface area contributed by atoms with E-state index >= 15 is 0 Å². The van der Waals surface area contributed by atoms with Crippen LogP contribution in [0.1, 0.15) is 40.7 Å². The summed E-state index contributed by atoms with van der Waals surface area (Å²) in [7, 11) is 1.64. The van der Waals surface area contributed by atoms with E-state index in [1.165, 1.54) is 11.3 Å². The Kier molecular flexibility index (Phi) is 5.19. The molecule has 2 heterocycles. The molecule has 0 spiro atoms. The van der Waals surface area contributed by atoms with Crippen molar-refractivity contribution in [1.82, 2.24) is 14.9 Å². The molecule has 0 aliphatic rings. The summed E-state index contributed by atoms with van der Waals surface area (Å²) in [5.41, 5.74) is 1.86. The maximum absolute atomic E-state index is 12.7. The summed E-state index contributed by atoms with van der Waals surface area (Å²) in [6.45, 7) is 4.57. The Morgan fingerprint density at radius 1 is 1.24 bits per heavy atom. The minimum atomic E-state index is -0.0876. The number of benzene rings is 1. The zero-order valence-electron chi connectivity index (χ0n) is 14.5. The zero-order valence-corrected chi connectivity index (χ0v) is 15.3. The maximum atomic E-state index is 12.7. The van der Waals surface area contributed by atoms with E-state index in [-0.39, 0.29) is 11.8 Å². The predicted molar refractivity (Wildman–Crippen MR) is 99.7 cm³/mol. The monoisotopic (exact) mass is 355 g/mol. The minimum absolute atomic E-state index is 0.0876. The van der Waals surface area contributed by atoms with Gasteiger partial charge < -0.3 is 14.6 Å². The number of amides is 1. The highest BCUT2D eigenvalue weighted by molar-refractivity contribution is 7.16. The number of carbonyl (C=O) groups is 1. The van der Waals surface area contributed by atoms with Gasteiger partial charge in [0.05, 0.1) is 12.8 Å². The van der Waals surface area contributed by atoms with Gasteiger partial charge in [0.15, 0.2) is 5.13 Å². The molecule has 1 aromatic carbocycles. The lowest BCUT2D eigenvalue weighted by Crippen LogP contribution is -2.23. The molecule has 3 rings (SSSR count). The van der Waals surface area contributed by atoms with Gasteiger partial charge in [-0.15, -0.1) is 0 Å². The van der Waals surface area contributed by atoms with Crippen LogP contribution in [0.5, 0.6) is 5.75 Å². The van der Waals surface area contributed by atoms with E-state index in [1.807, 2.05) is 53.4 Å². The fourth-order valence-electron chi connectivity index (χ4n) is 2.45. The Labute approximate surface area is 151 Å². The van der Waals surface area contributed by atoms with E-state index in [2.05, 4.69) is 24.1 Å². The van der Waals surface area contributed by atoms with Gasteiger partial charge in [-0.3, -0.25) is 4.79 Å². The molecule has 1 N–H and O–H groups in total. The molecule has 0 saturated heterocycles. The second-order valence-electron chi connectivity index (χ2n) is 5.99. The summed E-state index contributed by atoms with van der Waals surface area (Å²) in [6.07, 6.45) is 3.87. The predicted octanol–water partition coefficient (Wildman–Crippen LogP) is 4.00. The van der Waals surface area contributed by atoms with Crippen LogP contribution in [-0.4, -0.2) is 22.6 Å². The number of nitrogens with one attached hydrogen (secondary N) is 1. The second kappa shape index (κ2) is 7.53. The van der Waals surface area contributed by atoms with Crippen LogP contribution in [0, 0.1) is 0 Å². The van der Waals surface area contributed by atoms with Gasteiger partial charge >= 0.3 is 0 Å². The molecule has 0 atom stereocenters. The average molecular weight is 355 g/mol. The molecule has 3 aromatic rings. The zero-order chi connectivity index (χ0) is 17.8. The van der Waals surface area contributed by atoms with E-state index in [1.54, 1.807) is 7.11 Å². The number of carbonyl (C=O) groups excluding carboxylic acids is 1. The van der Waals surface area contributed by atoms with Gasteiger partial charge in [0.1, 0.15) is 10.6 Å². The van der Waals surface area contributed by atoms with Crippen LogP contribution < -0.4 is 10.1 Å². The maximum Gasteiger partial charge on any atom is 0.263 e. The molecule has 0 radical (unpaired) electrons. The lowest BCUT2D eigenvalue weighted by Gasteiger charge is -2.07. The third-order valence-corrected chi connectivity index (χ3v) is 4.92. The van der Waals surface area contributed by atoms with E-state index < -0.39 is 0 Å². The first-order chi connectivity index (χ1) is 12.1. The van der Waals surface area contributed by atoms with Crippen molar-refractivity contribution in [1.29, 1.82) is 0 Å². The van der Waals surface area contributed by atoms with Gasteiger partial charge in [-0.25, -0.2) is 4.98 Å². The molecule has 0 fully saturated rings. The molecule has 5 nitrogen and oxygen atoms in total. The normalized spacial score (nSPS) is 10.9. The van der Waals surface area contributed by atoms with Crippen molar-refractivity contribution in [3.63, 3.8) is 0 Å². The molecule has 2 aromatic heterocycles. The van der Waals surface area contributed by atoms with Crippen LogP contribution in [0.3, 0.4) is 0 Å². The molecule has 130 valence electrons. The second-order valence-corrected chi connectivity index (χ2v) is 6.96. The Morgan fingerprint density at radius 2 is 1.92 bits per heavy atom. The van der Waals surface area contributed by atoms with E-state index in [9.17, 15) is 4.79 Å². The van der Waals surface area contributed by atoms with Gasteiger partial charge in [-0.05, 0) is 35.7 Å². The molecule has 0 unspecified atom stereocenters. The third kappa shape index (κ3) is 3.91. The van der Waals surface area contributed by atoms with Crippen molar-refractivity contribution < 1.29 is 9.53 Å². The molecule has 0 bridgehead atoms. The molecule has 1 amide bonds. The number of aromatic nitrogens is 2. The average Bonchev–Trinajstić information content (AvgIpc) is 3.29. The molecule has 0 saturated carbocycles. The van der Waals surface area contributed by atoms with Gasteiger partial charge in [-0.2, -0.15) is 0 Å². The van der Waals surface area contributed by atoms with Gasteiger partial charge in [0.2, 0.25) is 0 Å². The van der Waals surface area contributed by atoms with E-state index in [0.29, 0.717) is 11.4 Å². The van der Waals surface area contributed by atoms with Crippen LogP contribution in [0.15, 0.2) is 48.8 Å². The molecule has 0 aliphatic carbocycles. The first kappa shape index (κ1) is 17.2. The van der Waals surface area contributed by atoms with Crippen LogP contribution in [-0.2, 0) is 6.54 Å². The quantitative estimate of drug-likeness (QED) is 0.727. The van der Waals surface area contributed by atoms with Gasteiger partial charge in [0, 0.05) is 18.9 Å². The largest absolute Gasteiger partial charge is 0.497 e. The lowest BCUT2D eigenvalue weighted by atomic mass is 10.1. The topological polar surface area (TPSA) is 56.1 Å². The standard InChI is InChI=1S/C19H21N3O2S/c1-13(2)16-17(25-19(21-16)22-10-4-5-11-22)18(23)20-12-14-6-8-15(24-3)9-7-14/h4-11,13H,12H2,1-3H3,(H,20,23). The number of nitrogens with zero attached hydrogens (tertiary/aromatic N) is 2. The van der Waals surface area contributed by atoms with Gasteiger partial charge in [-0.1, -0.05) is 37.3 Å². The summed E-state index contributed by atoms with van der Waals surface area (Å²) >= 11 is 1.41. The number of ether oxygens (including phenoxy) is 1. The summed E-state index contributed by atoms with van der Waals surface area (Å²) < 4.78 is 7.08. The Balaban J connectivity index is 1.76. The summed E-state index contributed by atoms with van der Waals surface area (Å²) in [6, 6.07) is 11.6. The number of thiazole rings is 1. The number of hydrogen-bond acceptors (Lipinski definition) is 4. The summed E-state index contributed by atoms with van der Waals surface area (Å²) in [5, 5.41) is 3.80. The van der Waals surface area contributed by atoms with Crippen molar-refractivity contribution >= 4 is 17.2 Å². The van der Waals surface area contributed by atoms with E-state index in [0.717, 1.165) is 22.1 Å². The van der Waals surface area contributed by atoms with Crippen molar-refractivity contribution in [2.24, 2.45) is 0 Å². The molecule has 25 heavy (non-hydrogen) atoms. The molecule has 6 heteroatoms. The molecular formula is C19H21N3O2S. The molecule has 0 aliphatic heterocycles. The first-order valence-electron chi connectivity index (χ1n) is 8.13. The van der Waals surface area contributed by atoms with Crippen molar-refractivity contribution in [3.05, 3.63) is 64.9 Å². The van der Waals surface area contributed by atoms with Crippen LogP contribution in [0.2, 0.25) is 0 Å². The number of rotatable bonds is 6. The fourth-order valence-corrected chi connectivity index (χ4v) is 3.56. The fraction of sp³-hybridized carbons (Fsp3) is 0.263. The lowest BCUT2D eigenvalue weighted by molar-refractivity contribution is 0.0953. The smallest absolute Gasteiger partial charge is 0.263 e. The highest BCUT2D eigenvalue weighted by Crippen LogP contribution is 2.27. The van der Waals surface area contributed by atoms with Crippen LogP contribution in [0.4, 0.5) is 0 Å². The first-order valence-corrected chi connectivity index (χ1v) is 8.95. The van der Waals surface area contributed by atoms with E-state index in [4.69, 9.17) is 4.74 Å². The number of methoxy groups -OCH3 is 1. The number of hydrogen-bond donors (Lipinski definition) is 1. The van der Waals surface area contributed by atoms with Crippen molar-refractivity contribution in [3.8, 4) is 10.9 Å². The van der Waals surface area contributed by atoms with Crippen LogP contribution in [0.25, 0.3) is 5.13 Å². The Bertz CT molecular complexity index is 836. The Hall–Kier alpha value is -2.60. The highest BCUT2D eigenvalue weighted by atomic mass is 32.1. The summed E-state index contributed by atoms with van der Waals surface area (Å²) in [4.78, 5) is 18.0. The van der Waals surface area contributed by atoms with Gasteiger partial charge in [0.25, 0.3) is 5.91 Å². The summed E-state index contributed by atoms with van der Waals surface area (Å²) in [5.74, 6) is 0.897.